The predicted molar refractivity (Wildman–Crippen MR) is 137 cm³/mol. The van der Waals surface area contributed by atoms with Crippen LogP contribution in [0.3, 0.4) is 0 Å². The van der Waals surface area contributed by atoms with Crippen LogP contribution in [0.15, 0.2) is 42.5 Å². The van der Waals surface area contributed by atoms with Crippen molar-refractivity contribution in [3.05, 3.63) is 68.7 Å². The molecule has 0 saturated heterocycles. The Hall–Kier alpha value is -1.40. The number of nitrogens with one attached hydrogen (secondary N) is 1. The topological polar surface area (TPSA) is 49.4 Å². The number of nitrogens with zero attached hydrogens (tertiary/aromatic N) is 1. The minimum atomic E-state index is -0.533. The van der Waals surface area contributed by atoms with E-state index >= 15 is 0 Å². The fourth-order valence-corrected chi connectivity index (χ4v) is 4.78. The van der Waals surface area contributed by atoms with Crippen LogP contribution in [0.25, 0.3) is 0 Å². The largest absolute Gasteiger partial charge is 0.354 e. The van der Waals surface area contributed by atoms with Gasteiger partial charge < -0.3 is 10.2 Å². The lowest BCUT2D eigenvalue weighted by molar-refractivity contribution is -0.139. The minimum Gasteiger partial charge on any atom is -0.354 e. The molecule has 0 unspecified atom stereocenters. The Morgan fingerprint density at radius 3 is 2.34 bits per heavy atom. The molecule has 174 valence electrons. The molecular formula is C24H29Cl3N2O2S. The van der Waals surface area contributed by atoms with Gasteiger partial charge in [-0.3, -0.25) is 9.59 Å². The number of hydrogen-bond donors (Lipinski definition) is 1. The zero-order valence-corrected chi connectivity index (χ0v) is 21.5. The van der Waals surface area contributed by atoms with Crippen molar-refractivity contribution in [2.24, 2.45) is 0 Å². The fraction of sp³-hybridized carbons (Fsp3) is 0.417. The maximum Gasteiger partial charge on any atom is 0.242 e. The normalized spacial score (nSPS) is 11.8. The maximum absolute atomic E-state index is 13.2. The number of carbonyl (C=O) groups is 2. The fourth-order valence-electron chi connectivity index (χ4n) is 3.18. The smallest absolute Gasteiger partial charge is 0.242 e. The zero-order chi connectivity index (χ0) is 23.5. The van der Waals surface area contributed by atoms with Gasteiger partial charge in [0.15, 0.2) is 0 Å². The average molecular weight is 516 g/mol. The summed E-state index contributed by atoms with van der Waals surface area (Å²) in [4.78, 5) is 27.7. The highest BCUT2D eigenvalue weighted by atomic mass is 35.5. The van der Waals surface area contributed by atoms with Gasteiger partial charge in [-0.2, -0.15) is 0 Å². The first-order valence-electron chi connectivity index (χ1n) is 10.7. The molecule has 1 atom stereocenters. The molecule has 2 aromatic carbocycles. The predicted octanol–water partition coefficient (Wildman–Crippen LogP) is 6.60. The van der Waals surface area contributed by atoms with Crippen molar-refractivity contribution in [1.29, 1.82) is 0 Å². The summed E-state index contributed by atoms with van der Waals surface area (Å²) >= 11 is 19.7. The van der Waals surface area contributed by atoms with E-state index < -0.39 is 6.04 Å². The molecular weight excluding hydrogens is 487 g/mol. The second-order valence-corrected chi connectivity index (χ2v) is 9.71. The van der Waals surface area contributed by atoms with E-state index in [1.807, 2.05) is 25.1 Å². The summed E-state index contributed by atoms with van der Waals surface area (Å²) in [6.07, 6.45) is 2.43. The lowest BCUT2D eigenvalue weighted by Crippen LogP contribution is -2.49. The first kappa shape index (κ1) is 26.8. The van der Waals surface area contributed by atoms with Gasteiger partial charge in [-0.25, -0.2) is 0 Å². The van der Waals surface area contributed by atoms with Gasteiger partial charge in [0.05, 0.1) is 5.75 Å². The van der Waals surface area contributed by atoms with Crippen molar-refractivity contribution >= 4 is 58.4 Å². The minimum absolute atomic E-state index is 0.0903. The van der Waals surface area contributed by atoms with Crippen LogP contribution in [0.5, 0.6) is 0 Å². The number of rotatable bonds is 12. The van der Waals surface area contributed by atoms with Gasteiger partial charge in [-0.1, -0.05) is 73.3 Å². The summed E-state index contributed by atoms with van der Waals surface area (Å²) < 4.78 is 0. The van der Waals surface area contributed by atoms with Crippen LogP contribution in [0.4, 0.5) is 0 Å². The molecule has 0 aliphatic heterocycles. The van der Waals surface area contributed by atoms with Crippen LogP contribution < -0.4 is 5.32 Å². The maximum atomic E-state index is 13.2. The molecule has 0 aliphatic carbocycles. The molecule has 4 nitrogen and oxygen atoms in total. The number of halogens is 3. The molecule has 2 aromatic rings. The molecule has 0 bridgehead atoms. The number of amides is 2. The molecule has 0 heterocycles. The Bertz CT molecular complexity index is 893. The molecule has 2 amide bonds. The van der Waals surface area contributed by atoms with Gasteiger partial charge in [-0.15, -0.1) is 11.8 Å². The molecule has 0 radical (unpaired) electrons. The summed E-state index contributed by atoms with van der Waals surface area (Å²) in [5, 5.41) is 4.76. The third-order valence-electron chi connectivity index (χ3n) is 4.98. The molecule has 32 heavy (non-hydrogen) atoms. The van der Waals surface area contributed by atoms with Gasteiger partial charge in [0.2, 0.25) is 11.8 Å². The van der Waals surface area contributed by atoms with E-state index in [1.54, 1.807) is 29.2 Å². The Kier molecular flexibility index (Phi) is 11.7. The van der Waals surface area contributed by atoms with Crippen LogP contribution >= 0.6 is 46.6 Å². The Morgan fingerprint density at radius 2 is 1.72 bits per heavy atom. The third-order valence-corrected chi connectivity index (χ3v) is 6.78. The highest BCUT2D eigenvalue weighted by Gasteiger charge is 2.28. The lowest BCUT2D eigenvalue weighted by Gasteiger charge is -2.30. The molecule has 8 heteroatoms. The van der Waals surface area contributed by atoms with E-state index in [9.17, 15) is 9.59 Å². The SMILES string of the molecule is CCCCNC(=O)[C@H](CC)N(Cc1ccc(Cl)cc1)C(=O)CSCc1ccc(Cl)cc1Cl. The first-order valence-corrected chi connectivity index (χ1v) is 13.0. The highest BCUT2D eigenvalue weighted by molar-refractivity contribution is 7.99. The van der Waals surface area contributed by atoms with E-state index in [-0.39, 0.29) is 17.6 Å². The van der Waals surface area contributed by atoms with Crippen molar-refractivity contribution in [2.75, 3.05) is 12.3 Å². The Labute approximate surface area is 210 Å². The van der Waals surface area contributed by atoms with Gasteiger partial charge >= 0.3 is 0 Å². The van der Waals surface area contributed by atoms with E-state index in [0.29, 0.717) is 40.3 Å². The van der Waals surface area contributed by atoms with Crippen molar-refractivity contribution < 1.29 is 9.59 Å². The summed E-state index contributed by atoms with van der Waals surface area (Å²) in [6, 6.07) is 12.2. The molecule has 0 fully saturated rings. The van der Waals surface area contributed by atoms with Crippen LogP contribution in [0, 0.1) is 0 Å². The van der Waals surface area contributed by atoms with Gasteiger partial charge in [-0.05, 0) is 48.2 Å². The quantitative estimate of drug-likeness (QED) is 0.324. The summed E-state index contributed by atoms with van der Waals surface area (Å²) in [5.74, 6) is 0.614. The Balaban J connectivity index is 2.11. The first-order chi connectivity index (χ1) is 15.3. The van der Waals surface area contributed by atoms with E-state index in [0.717, 1.165) is 24.0 Å². The van der Waals surface area contributed by atoms with Crippen LogP contribution in [0.2, 0.25) is 15.1 Å². The van der Waals surface area contributed by atoms with Crippen molar-refractivity contribution in [2.45, 2.75) is 51.4 Å². The van der Waals surface area contributed by atoms with Crippen LogP contribution in [-0.4, -0.2) is 35.1 Å². The number of benzene rings is 2. The average Bonchev–Trinajstić information content (AvgIpc) is 2.76. The van der Waals surface area contributed by atoms with Crippen molar-refractivity contribution in [1.82, 2.24) is 10.2 Å². The molecule has 1 N–H and O–H groups in total. The van der Waals surface area contributed by atoms with Gasteiger partial charge in [0, 0.05) is 33.9 Å². The molecule has 0 spiro atoms. The zero-order valence-electron chi connectivity index (χ0n) is 18.4. The van der Waals surface area contributed by atoms with E-state index in [1.165, 1.54) is 11.8 Å². The molecule has 0 saturated carbocycles. The van der Waals surface area contributed by atoms with E-state index in [2.05, 4.69) is 12.2 Å². The Morgan fingerprint density at radius 1 is 1.03 bits per heavy atom. The monoisotopic (exact) mass is 514 g/mol. The molecule has 0 aromatic heterocycles. The van der Waals surface area contributed by atoms with E-state index in [4.69, 9.17) is 34.8 Å². The number of unbranched alkanes of at least 4 members (excludes halogenated alkanes) is 1. The highest BCUT2D eigenvalue weighted by Crippen LogP contribution is 2.25. The van der Waals surface area contributed by atoms with Crippen LogP contribution in [-0.2, 0) is 21.9 Å². The number of thioether (sulfide) groups is 1. The summed E-state index contributed by atoms with van der Waals surface area (Å²) in [6.45, 7) is 4.95. The molecule has 0 aliphatic rings. The summed E-state index contributed by atoms with van der Waals surface area (Å²) in [5.41, 5.74) is 1.84. The van der Waals surface area contributed by atoms with Gasteiger partial charge in [0.25, 0.3) is 0 Å². The lowest BCUT2D eigenvalue weighted by atomic mass is 10.1. The second-order valence-electron chi connectivity index (χ2n) is 7.45. The third kappa shape index (κ3) is 8.51. The van der Waals surface area contributed by atoms with Crippen molar-refractivity contribution in [3.8, 4) is 0 Å². The standard InChI is InChI=1S/C24H29Cl3N2O2S/c1-3-5-12-28-24(31)22(4-2)29(14-17-6-9-19(25)10-7-17)23(30)16-32-15-18-8-11-20(26)13-21(18)27/h6-11,13,22H,3-5,12,14-16H2,1-2H3,(H,28,31)/t22-/m0/s1. The number of carbonyl (C=O) groups excluding carboxylic acids is 2. The number of hydrogen-bond acceptors (Lipinski definition) is 3. The summed E-state index contributed by atoms with van der Waals surface area (Å²) in [7, 11) is 0. The van der Waals surface area contributed by atoms with Crippen LogP contribution in [0.1, 0.15) is 44.2 Å². The second kappa shape index (κ2) is 14.0. The molecule has 2 rings (SSSR count). The van der Waals surface area contributed by atoms with Crippen molar-refractivity contribution in [3.63, 3.8) is 0 Å². The van der Waals surface area contributed by atoms with Gasteiger partial charge in [0.1, 0.15) is 6.04 Å².